The lowest BCUT2D eigenvalue weighted by molar-refractivity contribution is 0.420. The number of hydrogen-bond donors (Lipinski definition) is 1. The van der Waals surface area contributed by atoms with Gasteiger partial charge >= 0.3 is 0 Å². The molecule has 4 nitrogen and oxygen atoms in total. The maximum absolute atomic E-state index is 5.56. The second kappa shape index (κ2) is 6.34. The topological polar surface area (TPSA) is 51.2 Å². The van der Waals surface area contributed by atoms with Crippen LogP contribution in [-0.4, -0.2) is 5.16 Å². The van der Waals surface area contributed by atoms with Gasteiger partial charge in [-0.2, -0.15) is 0 Å². The van der Waals surface area contributed by atoms with Crippen molar-refractivity contribution in [1.29, 1.82) is 0 Å². The van der Waals surface area contributed by atoms with Gasteiger partial charge in [-0.15, -0.1) is 0 Å². The zero-order chi connectivity index (χ0) is 16.4. The second-order valence-corrected chi connectivity index (χ2v) is 5.81. The zero-order valence-electron chi connectivity index (χ0n) is 13.5. The summed E-state index contributed by atoms with van der Waals surface area (Å²) >= 11 is 0. The van der Waals surface area contributed by atoms with Crippen LogP contribution in [0.25, 0.3) is 22.3 Å². The predicted molar refractivity (Wildman–Crippen MR) is 93.4 cm³/mol. The molecule has 2 aromatic heterocycles. The van der Waals surface area contributed by atoms with Gasteiger partial charge in [-0.1, -0.05) is 53.7 Å². The molecule has 0 bridgehead atoms. The van der Waals surface area contributed by atoms with Gasteiger partial charge in [0, 0.05) is 35.2 Å². The predicted octanol–water partition coefficient (Wildman–Crippen LogP) is 4.69. The number of nitrogens with zero attached hydrogens (tertiary/aromatic N) is 1. The van der Waals surface area contributed by atoms with Crippen LogP contribution in [0, 0.1) is 6.92 Å². The van der Waals surface area contributed by atoms with Gasteiger partial charge in [0.15, 0.2) is 5.76 Å². The normalized spacial score (nSPS) is 11.2. The number of benzene rings is 2. The summed E-state index contributed by atoms with van der Waals surface area (Å²) in [5.74, 6) is 0.834. The van der Waals surface area contributed by atoms with E-state index in [1.165, 1.54) is 0 Å². The van der Waals surface area contributed by atoms with Crippen molar-refractivity contribution in [2.75, 3.05) is 0 Å². The van der Waals surface area contributed by atoms with Crippen LogP contribution in [0.2, 0.25) is 0 Å². The first-order chi connectivity index (χ1) is 11.8. The zero-order valence-corrected chi connectivity index (χ0v) is 13.5. The summed E-state index contributed by atoms with van der Waals surface area (Å²) in [6, 6.07) is 18.1. The molecule has 120 valence electrons. The maximum atomic E-state index is 5.56. The summed E-state index contributed by atoms with van der Waals surface area (Å²) in [4.78, 5) is 0. The average Bonchev–Trinajstić information content (AvgIpc) is 3.20. The molecule has 4 heteroatoms. The molecule has 0 atom stereocenters. The molecule has 0 unspecified atom stereocenters. The molecule has 4 rings (SSSR count). The van der Waals surface area contributed by atoms with Crippen LogP contribution >= 0.6 is 0 Å². The van der Waals surface area contributed by atoms with Gasteiger partial charge in [0.1, 0.15) is 11.3 Å². The first-order valence-electron chi connectivity index (χ1n) is 7.99. The molecule has 2 aromatic carbocycles. The summed E-state index contributed by atoms with van der Waals surface area (Å²) in [6.07, 6.45) is 1.81. The van der Waals surface area contributed by atoms with Gasteiger partial charge in [-0.3, -0.25) is 0 Å². The van der Waals surface area contributed by atoms with Crippen LogP contribution in [0.3, 0.4) is 0 Å². The molecule has 24 heavy (non-hydrogen) atoms. The third-order valence-electron chi connectivity index (χ3n) is 4.23. The summed E-state index contributed by atoms with van der Waals surface area (Å²) in [7, 11) is 0. The smallest absolute Gasteiger partial charge is 0.170 e. The summed E-state index contributed by atoms with van der Waals surface area (Å²) in [5, 5.41) is 8.78. The van der Waals surface area contributed by atoms with Crippen molar-refractivity contribution in [2.45, 2.75) is 20.0 Å². The molecule has 0 aliphatic carbocycles. The van der Waals surface area contributed by atoms with Crippen LogP contribution in [0.1, 0.15) is 16.8 Å². The fraction of sp³-hybridized carbons (Fsp3) is 0.150. The van der Waals surface area contributed by atoms with Crippen LogP contribution < -0.4 is 5.32 Å². The van der Waals surface area contributed by atoms with Crippen molar-refractivity contribution in [1.82, 2.24) is 10.5 Å². The number of aromatic nitrogens is 1. The molecule has 4 aromatic rings. The van der Waals surface area contributed by atoms with Gasteiger partial charge in [-0.05, 0) is 13.0 Å². The molecule has 0 spiro atoms. The molecule has 0 aliphatic rings. The Morgan fingerprint density at radius 3 is 2.62 bits per heavy atom. The Labute approximate surface area is 140 Å². The lowest BCUT2D eigenvalue weighted by Gasteiger charge is -2.02. The third kappa shape index (κ3) is 2.72. The van der Waals surface area contributed by atoms with Crippen molar-refractivity contribution < 1.29 is 8.94 Å². The van der Waals surface area contributed by atoms with Crippen LogP contribution in [-0.2, 0) is 13.1 Å². The SMILES string of the molecule is Cc1c(CNCc2coc3ccccc23)noc1-c1ccccc1. The summed E-state index contributed by atoms with van der Waals surface area (Å²) in [5.41, 5.74) is 5.12. The third-order valence-corrected chi connectivity index (χ3v) is 4.23. The Hall–Kier alpha value is -2.85. The van der Waals surface area contributed by atoms with E-state index in [1.807, 2.05) is 61.7 Å². The van der Waals surface area contributed by atoms with E-state index in [1.54, 1.807) is 0 Å². The van der Waals surface area contributed by atoms with E-state index in [0.717, 1.165) is 45.7 Å². The molecule has 0 saturated carbocycles. The monoisotopic (exact) mass is 318 g/mol. The first kappa shape index (κ1) is 14.7. The van der Waals surface area contributed by atoms with Crippen LogP contribution in [0.15, 0.2) is 69.8 Å². The van der Waals surface area contributed by atoms with E-state index in [2.05, 4.69) is 16.5 Å². The van der Waals surface area contributed by atoms with Crippen LogP contribution in [0.4, 0.5) is 0 Å². The highest BCUT2D eigenvalue weighted by atomic mass is 16.5. The van der Waals surface area contributed by atoms with Gasteiger partial charge in [-0.25, -0.2) is 0 Å². The molecule has 0 saturated heterocycles. The highest BCUT2D eigenvalue weighted by molar-refractivity contribution is 5.80. The largest absolute Gasteiger partial charge is 0.464 e. The highest BCUT2D eigenvalue weighted by Crippen LogP contribution is 2.25. The molecule has 0 fully saturated rings. The maximum Gasteiger partial charge on any atom is 0.170 e. The van der Waals surface area contributed by atoms with E-state index >= 15 is 0 Å². The Bertz CT molecular complexity index is 954. The average molecular weight is 318 g/mol. The lowest BCUT2D eigenvalue weighted by atomic mass is 10.1. The molecule has 2 heterocycles. The van der Waals surface area contributed by atoms with Crippen molar-refractivity contribution in [2.24, 2.45) is 0 Å². The Balaban J connectivity index is 1.46. The fourth-order valence-electron chi connectivity index (χ4n) is 2.88. The van der Waals surface area contributed by atoms with Gasteiger partial charge in [0.25, 0.3) is 0 Å². The van der Waals surface area contributed by atoms with Gasteiger partial charge in [0.05, 0.1) is 6.26 Å². The molecule has 0 amide bonds. The van der Waals surface area contributed by atoms with Gasteiger partial charge < -0.3 is 14.3 Å². The van der Waals surface area contributed by atoms with E-state index in [9.17, 15) is 0 Å². The van der Waals surface area contributed by atoms with Crippen molar-refractivity contribution in [3.05, 3.63) is 77.7 Å². The van der Waals surface area contributed by atoms with E-state index in [-0.39, 0.29) is 0 Å². The molecular weight excluding hydrogens is 300 g/mol. The number of furan rings is 1. The molecule has 1 N–H and O–H groups in total. The minimum Gasteiger partial charge on any atom is -0.464 e. The lowest BCUT2D eigenvalue weighted by Crippen LogP contribution is -2.13. The highest BCUT2D eigenvalue weighted by Gasteiger charge is 2.13. The number of rotatable bonds is 5. The van der Waals surface area contributed by atoms with Crippen LogP contribution in [0.5, 0.6) is 0 Å². The molecule has 0 aliphatic heterocycles. The van der Waals surface area contributed by atoms with Crippen molar-refractivity contribution in [3.63, 3.8) is 0 Å². The molecular formula is C20H18N2O2. The minimum atomic E-state index is 0.654. The standard InChI is InChI=1S/C20H18N2O2/c1-14-18(22-24-20(14)15-7-3-2-4-8-15)12-21-11-16-13-23-19-10-6-5-9-17(16)19/h2-10,13,21H,11-12H2,1H3. The number of hydrogen-bond acceptors (Lipinski definition) is 4. The summed E-state index contributed by atoms with van der Waals surface area (Å²) in [6.45, 7) is 3.43. The number of nitrogens with one attached hydrogen (secondary N) is 1. The second-order valence-electron chi connectivity index (χ2n) is 5.81. The first-order valence-corrected chi connectivity index (χ1v) is 7.99. The Morgan fingerprint density at radius 2 is 1.75 bits per heavy atom. The Morgan fingerprint density at radius 1 is 0.958 bits per heavy atom. The number of fused-ring (bicyclic) bond motifs is 1. The van der Waals surface area contributed by atoms with Crippen molar-refractivity contribution >= 4 is 11.0 Å². The number of para-hydroxylation sites is 1. The summed E-state index contributed by atoms with van der Waals surface area (Å²) < 4.78 is 11.1. The van der Waals surface area contributed by atoms with Gasteiger partial charge in [0.2, 0.25) is 0 Å². The Kier molecular flexibility index (Phi) is 3.89. The fourth-order valence-corrected chi connectivity index (χ4v) is 2.88. The quantitative estimate of drug-likeness (QED) is 0.580. The van der Waals surface area contributed by atoms with Crippen molar-refractivity contribution in [3.8, 4) is 11.3 Å². The van der Waals surface area contributed by atoms with E-state index in [0.29, 0.717) is 6.54 Å². The van der Waals surface area contributed by atoms with E-state index in [4.69, 9.17) is 8.94 Å². The van der Waals surface area contributed by atoms with E-state index < -0.39 is 0 Å². The minimum absolute atomic E-state index is 0.654. The molecule has 0 radical (unpaired) electrons.